The van der Waals surface area contributed by atoms with E-state index in [9.17, 15) is 18.8 Å². The molecule has 148 valence electrons. The third kappa shape index (κ3) is 4.08. The second-order valence-electron chi connectivity index (χ2n) is 6.49. The van der Waals surface area contributed by atoms with E-state index in [1.165, 1.54) is 12.3 Å². The predicted octanol–water partition coefficient (Wildman–Crippen LogP) is 1.73. The van der Waals surface area contributed by atoms with E-state index in [0.717, 1.165) is 34.3 Å². The molecule has 0 amide bonds. The van der Waals surface area contributed by atoms with Crippen molar-refractivity contribution in [2.45, 2.75) is 39.8 Å². The molecule has 1 aromatic carbocycles. The maximum atomic E-state index is 13.8. The average Bonchev–Trinajstić information content (AvgIpc) is 3.47. The summed E-state index contributed by atoms with van der Waals surface area (Å²) in [5.74, 6) is -1.57. The van der Waals surface area contributed by atoms with Gasteiger partial charge in [0.15, 0.2) is 11.6 Å². The summed E-state index contributed by atoms with van der Waals surface area (Å²) in [6.45, 7) is 3.99. The number of carbonyl (C=O) groups excluding carboxylic acids is 2. The van der Waals surface area contributed by atoms with Gasteiger partial charge in [-0.25, -0.2) is 9.18 Å². The first-order chi connectivity index (χ1) is 13.5. The fourth-order valence-corrected chi connectivity index (χ4v) is 2.78. The maximum Gasteiger partial charge on any atom is 0.363 e. The Balaban J connectivity index is 1.98. The van der Waals surface area contributed by atoms with E-state index in [1.807, 2.05) is 0 Å². The van der Waals surface area contributed by atoms with Crippen LogP contribution in [0, 0.1) is 11.7 Å². The minimum atomic E-state index is -0.564. The van der Waals surface area contributed by atoms with Crippen LogP contribution >= 0.6 is 0 Å². The molecular formula is C19H21FN4O4. The zero-order valence-corrected chi connectivity index (χ0v) is 15.7. The molecule has 1 aliphatic carbocycles. The summed E-state index contributed by atoms with van der Waals surface area (Å²) in [4.78, 5) is 37.8. The second-order valence-corrected chi connectivity index (χ2v) is 6.49. The smallest absolute Gasteiger partial charge is 0.363 e. The molecule has 3 rings (SSSR count). The lowest BCUT2D eigenvalue weighted by atomic mass is 9.95. The number of hydrogen-bond acceptors (Lipinski definition) is 6. The SMILES string of the molecule is CCO/C=C(\C(=O)c1ccc(F)cc1Cn1nnn(CC)c1=O)C(=O)C1CC1. The van der Waals surface area contributed by atoms with Crippen molar-refractivity contribution in [3.8, 4) is 0 Å². The highest BCUT2D eigenvalue weighted by molar-refractivity contribution is 6.27. The van der Waals surface area contributed by atoms with E-state index >= 15 is 0 Å². The van der Waals surface area contributed by atoms with Crippen LogP contribution in [0.25, 0.3) is 0 Å². The highest BCUT2D eigenvalue weighted by Gasteiger charge is 2.35. The predicted molar refractivity (Wildman–Crippen MR) is 97.2 cm³/mol. The number of halogens is 1. The number of aromatic nitrogens is 4. The molecule has 0 radical (unpaired) electrons. The number of aryl methyl sites for hydroxylation is 1. The summed E-state index contributed by atoms with van der Waals surface area (Å²) in [5, 5.41) is 7.47. The van der Waals surface area contributed by atoms with Gasteiger partial charge in [0.05, 0.1) is 19.4 Å². The molecule has 8 nitrogen and oxygen atoms in total. The monoisotopic (exact) mass is 388 g/mol. The molecule has 2 aromatic rings. The Hall–Kier alpha value is -3.10. The summed E-state index contributed by atoms with van der Waals surface area (Å²) in [6.07, 6.45) is 2.65. The zero-order chi connectivity index (χ0) is 20.3. The van der Waals surface area contributed by atoms with Crippen molar-refractivity contribution in [2.75, 3.05) is 6.61 Å². The number of ketones is 2. The van der Waals surface area contributed by atoms with Gasteiger partial charge in [-0.1, -0.05) is 0 Å². The first-order valence-corrected chi connectivity index (χ1v) is 9.16. The van der Waals surface area contributed by atoms with Crippen LogP contribution < -0.4 is 5.69 Å². The number of ether oxygens (including phenoxy) is 1. The van der Waals surface area contributed by atoms with Crippen LogP contribution in [-0.2, 0) is 22.6 Å². The van der Waals surface area contributed by atoms with Gasteiger partial charge in [0.25, 0.3) is 0 Å². The Morgan fingerprint density at radius 2 is 1.96 bits per heavy atom. The van der Waals surface area contributed by atoms with Gasteiger partial charge in [0.2, 0.25) is 0 Å². The van der Waals surface area contributed by atoms with Crippen LogP contribution in [0.15, 0.2) is 34.8 Å². The third-order valence-electron chi connectivity index (χ3n) is 4.46. The number of nitrogens with zero attached hydrogens (tertiary/aromatic N) is 4. The lowest BCUT2D eigenvalue weighted by molar-refractivity contribution is -0.116. The second kappa shape index (κ2) is 8.28. The molecule has 1 heterocycles. The molecule has 0 N–H and O–H groups in total. The van der Waals surface area contributed by atoms with Crippen LogP contribution in [-0.4, -0.2) is 38.0 Å². The molecule has 0 aliphatic heterocycles. The Morgan fingerprint density at radius 3 is 2.57 bits per heavy atom. The van der Waals surface area contributed by atoms with Gasteiger partial charge >= 0.3 is 5.69 Å². The summed E-state index contributed by atoms with van der Waals surface area (Å²) in [5.41, 5.74) is -0.174. The Kier molecular flexibility index (Phi) is 5.81. The summed E-state index contributed by atoms with van der Waals surface area (Å²) < 4.78 is 21.2. The summed E-state index contributed by atoms with van der Waals surface area (Å²) >= 11 is 0. The van der Waals surface area contributed by atoms with E-state index in [0.29, 0.717) is 13.2 Å². The van der Waals surface area contributed by atoms with E-state index < -0.39 is 17.3 Å². The van der Waals surface area contributed by atoms with Gasteiger partial charge in [-0.2, -0.15) is 9.36 Å². The summed E-state index contributed by atoms with van der Waals surface area (Å²) in [7, 11) is 0. The van der Waals surface area contributed by atoms with Crippen LogP contribution in [0.1, 0.15) is 42.6 Å². The first-order valence-electron chi connectivity index (χ1n) is 9.16. The topological polar surface area (TPSA) is 96.1 Å². The van der Waals surface area contributed by atoms with Crippen LogP contribution in [0.5, 0.6) is 0 Å². The Labute approximate surface area is 160 Å². The van der Waals surface area contributed by atoms with Gasteiger partial charge < -0.3 is 4.74 Å². The van der Waals surface area contributed by atoms with Crippen molar-refractivity contribution >= 4 is 11.6 Å². The molecule has 1 fully saturated rings. The van der Waals surface area contributed by atoms with Crippen LogP contribution in [0.3, 0.4) is 0 Å². The number of allylic oxidation sites excluding steroid dienone is 1. The fourth-order valence-electron chi connectivity index (χ4n) is 2.78. The lowest BCUT2D eigenvalue weighted by Crippen LogP contribution is -2.26. The largest absolute Gasteiger partial charge is 0.501 e. The van der Waals surface area contributed by atoms with Gasteiger partial charge in [0, 0.05) is 18.0 Å². The zero-order valence-electron chi connectivity index (χ0n) is 15.7. The van der Waals surface area contributed by atoms with E-state index in [2.05, 4.69) is 10.4 Å². The maximum absolute atomic E-state index is 13.8. The van der Waals surface area contributed by atoms with Crippen LogP contribution in [0.2, 0.25) is 0 Å². The number of benzene rings is 1. The minimum absolute atomic E-state index is 0.0678. The third-order valence-corrected chi connectivity index (χ3v) is 4.46. The van der Waals surface area contributed by atoms with Gasteiger partial charge in [-0.15, -0.1) is 0 Å². The van der Waals surface area contributed by atoms with E-state index in [4.69, 9.17) is 4.74 Å². The normalized spacial score (nSPS) is 14.2. The number of rotatable bonds is 9. The highest BCUT2D eigenvalue weighted by Crippen LogP contribution is 2.33. The van der Waals surface area contributed by atoms with Crippen molar-refractivity contribution < 1.29 is 18.7 Å². The number of tetrazole rings is 1. The molecule has 9 heteroatoms. The van der Waals surface area contributed by atoms with Gasteiger partial charge in [-0.05, 0) is 60.9 Å². The van der Waals surface area contributed by atoms with Crippen molar-refractivity contribution in [1.82, 2.24) is 19.8 Å². The molecule has 0 bridgehead atoms. The highest BCUT2D eigenvalue weighted by atomic mass is 19.1. The molecule has 1 aliphatic rings. The summed E-state index contributed by atoms with van der Waals surface area (Å²) in [6, 6.07) is 3.61. The number of hydrogen-bond donors (Lipinski definition) is 0. The van der Waals surface area contributed by atoms with Crippen molar-refractivity contribution in [2.24, 2.45) is 5.92 Å². The molecule has 1 saturated carbocycles. The standard InChI is InChI=1S/C19H21FN4O4/c1-3-23-19(27)24(22-21-23)10-13-9-14(20)7-8-15(13)18(26)16(11-28-4-2)17(25)12-5-6-12/h7-9,11-12H,3-6,10H2,1-2H3/b16-11-. The molecule has 0 atom stereocenters. The average molecular weight is 388 g/mol. The number of carbonyl (C=O) groups is 2. The van der Waals surface area contributed by atoms with Crippen molar-refractivity contribution in [3.05, 3.63) is 57.5 Å². The quantitative estimate of drug-likeness (QED) is 0.213. The van der Waals surface area contributed by atoms with Crippen molar-refractivity contribution in [3.63, 3.8) is 0 Å². The number of Topliss-reactive ketones (excluding diaryl/α,β-unsaturated/α-hetero) is 2. The van der Waals surface area contributed by atoms with Gasteiger partial charge in [-0.3, -0.25) is 9.59 Å². The lowest BCUT2D eigenvalue weighted by Gasteiger charge is -2.11. The molecule has 0 spiro atoms. The Morgan fingerprint density at radius 1 is 1.25 bits per heavy atom. The molecule has 0 saturated heterocycles. The Bertz CT molecular complexity index is 988. The molecule has 1 aromatic heterocycles. The minimum Gasteiger partial charge on any atom is -0.501 e. The van der Waals surface area contributed by atoms with Crippen LogP contribution in [0.4, 0.5) is 4.39 Å². The molecule has 28 heavy (non-hydrogen) atoms. The van der Waals surface area contributed by atoms with Gasteiger partial charge in [0.1, 0.15) is 11.4 Å². The molecular weight excluding hydrogens is 367 g/mol. The van der Waals surface area contributed by atoms with Crippen molar-refractivity contribution in [1.29, 1.82) is 0 Å². The fraction of sp³-hybridized carbons (Fsp3) is 0.421. The first kappa shape index (κ1) is 19.7. The van der Waals surface area contributed by atoms with E-state index in [-0.39, 0.29) is 34.9 Å². The molecule has 0 unspecified atom stereocenters. The van der Waals surface area contributed by atoms with E-state index in [1.54, 1.807) is 13.8 Å².